The maximum absolute atomic E-state index is 8.96. The Hall–Kier alpha value is -1.87. The van der Waals surface area contributed by atoms with E-state index in [-0.39, 0.29) is 13.2 Å². The molecule has 0 amide bonds. The first-order valence-electron chi connectivity index (χ1n) is 8.47. The molecule has 2 heterocycles. The van der Waals surface area contributed by atoms with E-state index in [1.165, 1.54) is 0 Å². The summed E-state index contributed by atoms with van der Waals surface area (Å²) in [5, 5.41) is 3.85. The van der Waals surface area contributed by atoms with Gasteiger partial charge < -0.3 is 29.4 Å². The first-order chi connectivity index (χ1) is 12.5. The van der Waals surface area contributed by atoms with Gasteiger partial charge in [0.15, 0.2) is 12.1 Å². The van der Waals surface area contributed by atoms with Crippen LogP contribution in [0.2, 0.25) is 0 Å². The lowest BCUT2D eigenvalue weighted by Crippen LogP contribution is -2.58. The summed E-state index contributed by atoms with van der Waals surface area (Å²) in [6.45, 7) is 4.13. The second-order valence-electron chi connectivity index (χ2n) is 6.70. The van der Waals surface area contributed by atoms with Crippen molar-refractivity contribution in [2.45, 2.75) is 56.9 Å². The molecule has 0 aromatic heterocycles. The summed E-state index contributed by atoms with van der Waals surface area (Å²) in [5.74, 6) is -0.0420. The number of ether oxygens (including phenoxy) is 5. The summed E-state index contributed by atoms with van der Waals surface area (Å²) in [5.41, 5.74) is 15.7. The minimum atomic E-state index is -0.805. The smallest absolute Gasteiger partial charge is 0.169 e. The Morgan fingerprint density at radius 2 is 1.92 bits per heavy atom. The van der Waals surface area contributed by atoms with Crippen molar-refractivity contribution in [3.63, 3.8) is 0 Å². The van der Waals surface area contributed by atoms with E-state index in [0.29, 0.717) is 0 Å². The number of nitrogens with two attached hydrogens (primary N) is 1. The summed E-state index contributed by atoms with van der Waals surface area (Å²) in [6.07, 6.45) is -2.08. The van der Waals surface area contributed by atoms with Gasteiger partial charge in [-0.15, -0.1) is 0 Å². The zero-order chi connectivity index (χ0) is 18.7. The fourth-order valence-corrected chi connectivity index (χ4v) is 3.26. The quantitative estimate of drug-likeness (QED) is 0.469. The van der Waals surface area contributed by atoms with Gasteiger partial charge in [-0.05, 0) is 37.1 Å². The van der Waals surface area contributed by atoms with E-state index in [0.717, 1.165) is 11.3 Å². The molecule has 142 valence electrons. The minimum Gasteiger partial charge on any atom is -0.497 e. The summed E-state index contributed by atoms with van der Waals surface area (Å²) in [7, 11) is 1.61. The predicted octanol–water partition coefficient (Wildman–Crippen LogP) is 2.09. The lowest BCUT2D eigenvalue weighted by Gasteiger charge is -2.39. The first kappa shape index (κ1) is 18.9. The van der Waals surface area contributed by atoms with Gasteiger partial charge in [0.1, 0.15) is 30.1 Å². The third-order valence-electron chi connectivity index (χ3n) is 4.44. The van der Waals surface area contributed by atoms with Gasteiger partial charge in [0.25, 0.3) is 0 Å². The second kappa shape index (κ2) is 7.79. The standard InChI is InChI=1S/C17H24N4O5/c1-17(2)25-14-12(8-18)24-16(13(20-21-19)15(14)26-17)23-9-10-4-6-11(22-3)7-5-10/h4-7,12-16H,8-9,18H2,1-3H3/t12-,13-,14+,15-,16+/m1/s1. The van der Waals surface area contributed by atoms with Crippen molar-refractivity contribution in [1.29, 1.82) is 0 Å². The highest BCUT2D eigenvalue weighted by Crippen LogP contribution is 2.39. The molecule has 1 aromatic rings. The third kappa shape index (κ3) is 3.93. The maximum Gasteiger partial charge on any atom is 0.169 e. The van der Waals surface area contributed by atoms with Crippen LogP contribution in [0, 0.1) is 0 Å². The van der Waals surface area contributed by atoms with Crippen molar-refractivity contribution in [3.05, 3.63) is 40.3 Å². The number of rotatable bonds is 6. The Kier molecular flexibility index (Phi) is 5.67. The Morgan fingerprint density at radius 1 is 1.23 bits per heavy atom. The molecule has 0 saturated carbocycles. The van der Waals surface area contributed by atoms with Gasteiger partial charge >= 0.3 is 0 Å². The molecule has 0 aliphatic carbocycles. The number of methoxy groups -OCH3 is 1. The average molecular weight is 364 g/mol. The van der Waals surface area contributed by atoms with Crippen LogP contribution in [-0.4, -0.2) is 50.1 Å². The number of benzene rings is 1. The molecular formula is C17H24N4O5. The maximum atomic E-state index is 8.96. The van der Waals surface area contributed by atoms with Gasteiger partial charge in [-0.3, -0.25) is 0 Å². The molecule has 26 heavy (non-hydrogen) atoms. The van der Waals surface area contributed by atoms with Gasteiger partial charge in [-0.25, -0.2) is 0 Å². The molecule has 2 saturated heterocycles. The fourth-order valence-electron chi connectivity index (χ4n) is 3.26. The average Bonchev–Trinajstić information content (AvgIpc) is 2.96. The molecule has 1 aromatic carbocycles. The van der Waals surface area contributed by atoms with E-state index in [1.54, 1.807) is 21.0 Å². The highest BCUT2D eigenvalue weighted by molar-refractivity contribution is 5.26. The van der Waals surface area contributed by atoms with Crippen LogP contribution >= 0.6 is 0 Å². The molecule has 2 N–H and O–H groups in total. The van der Waals surface area contributed by atoms with Crippen molar-refractivity contribution in [1.82, 2.24) is 0 Å². The topological polar surface area (TPSA) is 121 Å². The van der Waals surface area contributed by atoms with E-state index < -0.39 is 36.4 Å². The Labute approximate surface area is 151 Å². The zero-order valence-corrected chi connectivity index (χ0v) is 15.1. The summed E-state index contributed by atoms with van der Waals surface area (Å²) in [6, 6.07) is 6.81. The molecule has 0 radical (unpaired) electrons. The molecule has 0 bridgehead atoms. The number of nitrogens with zero attached hydrogens (tertiary/aromatic N) is 3. The van der Waals surface area contributed by atoms with E-state index >= 15 is 0 Å². The molecule has 2 fully saturated rings. The molecule has 3 rings (SSSR count). The SMILES string of the molecule is COc1ccc(CO[C@H]2O[C@H](CN)[C@@H]3OC(C)(C)O[C@@H]3[C@H]2N=[N+]=[N-])cc1. The first-order valence-corrected chi connectivity index (χ1v) is 8.47. The van der Waals surface area contributed by atoms with E-state index in [2.05, 4.69) is 10.0 Å². The number of hydrogen-bond donors (Lipinski definition) is 1. The monoisotopic (exact) mass is 364 g/mol. The van der Waals surface area contributed by atoms with Gasteiger partial charge in [-0.1, -0.05) is 17.2 Å². The molecule has 5 atom stereocenters. The highest BCUT2D eigenvalue weighted by atomic mass is 16.8. The van der Waals surface area contributed by atoms with Crippen LogP contribution in [0.5, 0.6) is 5.75 Å². The molecule has 0 unspecified atom stereocenters. The van der Waals surface area contributed by atoms with Crippen molar-refractivity contribution in [2.24, 2.45) is 10.8 Å². The molecule has 2 aliphatic rings. The van der Waals surface area contributed by atoms with Gasteiger partial charge in [0, 0.05) is 11.5 Å². The molecule has 0 spiro atoms. The summed E-state index contributed by atoms with van der Waals surface area (Å²) >= 11 is 0. The van der Waals surface area contributed by atoms with Crippen LogP contribution < -0.4 is 10.5 Å². The second-order valence-corrected chi connectivity index (χ2v) is 6.70. The van der Waals surface area contributed by atoms with Crippen LogP contribution in [0.4, 0.5) is 0 Å². The van der Waals surface area contributed by atoms with E-state index in [4.69, 9.17) is 34.9 Å². The normalized spacial score (nSPS) is 32.5. The Balaban J connectivity index is 1.74. The Bertz CT molecular complexity index is 662. The largest absolute Gasteiger partial charge is 0.497 e. The van der Waals surface area contributed by atoms with Crippen LogP contribution in [-0.2, 0) is 25.6 Å². The van der Waals surface area contributed by atoms with Gasteiger partial charge in [-0.2, -0.15) is 0 Å². The molecule has 9 nitrogen and oxygen atoms in total. The van der Waals surface area contributed by atoms with Crippen LogP contribution in [0.15, 0.2) is 29.4 Å². The minimum absolute atomic E-state index is 0.242. The number of fused-ring (bicyclic) bond motifs is 1. The van der Waals surface area contributed by atoms with E-state index in [1.807, 2.05) is 24.3 Å². The predicted molar refractivity (Wildman–Crippen MR) is 92.3 cm³/mol. The van der Waals surface area contributed by atoms with Crippen molar-refractivity contribution in [3.8, 4) is 5.75 Å². The lowest BCUT2D eigenvalue weighted by molar-refractivity contribution is -0.241. The fraction of sp³-hybridized carbons (Fsp3) is 0.647. The molecular weight excluding hydrogens is 340 g/mol. The lowest BCUT2D eigenvalue weighted by atomic mass is 9.97. The molecule has 2 aliphatic heterocycles. The molecule has 9 heteroatoms. The summed E-state index contributed by atoms with van der Waals surface area (Å²) < 4.78 is 28.8. The van der Waals surface area contributed by atoms with Gasteiger partial charge in [0.2, 0.25) is 0 Å². The van der Waals surface area contributed by atoms with Crippen LogP contribution in [0.25, 0.3) is 10.4 Å². The number of azide groups is 1. The van der Waals surface area contributed by atoms with Crippen LogP contribution in [0.3, 0.4) is 0 Å². The Morgan fingerprint density at radius 3 is 2.54 bits per heavy atom. The van der Waals surface area contributed by atoms with Crippen molar-refractivity contribution >= 4 is 0 Å². The third-order valence-corrected chi connectivity index (χ3v) is 4.44. The van der Waals surface area contributed by atoms with Crippen molar-refractivity contribution in [2.75, 3.05) is 13.7 Å². The number of hydrogen-bond acceptors (Lipinski definition) is 7. The highest BCUT2D eigenvalue weighted by Gasteiger charge is 2.55. The zero-order valence-electron chi connectivity index (χ0n) is 15.1. The van der Waals surface area contributed by atoms with Crippen molar-refractivity contribution < 1.29 is 23.7 Å². The summed E-state index contributed by atoms with van der Waals surface area (Å²) in [4.78, 5) is 2.93. The van der Waals surface area contributed by atoms with Gasteiger partial charge in [0.05, 0.1) is 13.7 Å². The van der Waals surface area contributed by atoms with E-state index in [9.17, 15) is 0 Å². The van der Waals surface area contributed by atoms with Crippen LogP contribution in [0.1, 0.15) is 19.4 Å².